The Labute approximate surface area is 121 Å². The summed E-state index contributed by atoms with van der Waals surface area (Å²) in [4.78, 5) is 49.1. The molecule has 0 aromatic carbocycles. The molecule has 0 radical (unpaired) electrons. The van der Waals surface area contributed by atoms with Gasteiger partial charge in [0.25, 0.3) is 11.1 Å². The number of hydrogen-bond acceptors (Lipinski definition) is 7. The normalized spacial score (nSPS) is 10.7. The van der Waals surface area contributed by atoms with Crippen molar-refractivity contribution in [1.29, 1.82) is 0 Å². The lowest BCUT2D eigenvalue weighted by molar-refractivity contribution is 0.177. The molecule has 0 fully saturated rings. The number of nitrogens with zero attached hydrogens (tertiary/aromatic N) is 2. The van der Waals surface area contributed by atoms with Crippen molar-refractivity contribution in [3.8, 4) is 0 Å². The molecule has 2 rings (SSSR count). The molecule has 0 saturated carbocycles. The fraction of sp³-hybridized carbons (Fsp3) is 0.200. The Morgan fingerprint density at radius 2 is 1.23 bits per heavy atom. The Morgan fingerprint density at radius 3 is 1.59 bits per heavy atom. The summed E-state index contributed by atoms with van der Waals surface area (Å²) in [7, 11) is -3.37. The van der Waals surface area contributed by atoms with Crippen LogP contribution in [0, 0.1) is 13.8 Å². The summed E-state index contributed by atoms with van der Waals surface area (Å²) in [6.45, 7) is 2.82. The Balaban J connectivity index is 2.25. The topological polar surface area (TPSA) is 145 Å². The average molecular weight is 330 g/mol. The van der Waals surface area contributed by atoms with E-state index in [-0.39, 0.29) is 11.1 Å². The summed E-state index contributed by atoms with van der Waals surface area (Å²) >= 11 is 0. The maximum atomic E-state index is 11.7. The molecule has 0 aliphatic heterocycles. The predicted molar refractivity (Wildman–Crippen MR) is 74.3 cm³/mol. The Hall–Kier alpha value is -2.81. The van der Waals surface area contributed by atoms with E-state index < -0.39 is 30.8 Å². The zero-order valence-electron chi connectivity index (χ0n) is 11.4. The molecule has 0 saturated heterocycles. The number of rotatable bonds is 4. The molecule has 0 spiro atoms. The van der Waals surface area contributed by atoms with Crippen LogP contribution < -0.4 is 31.7 Å². The Kier molecular flexibility index (Phi) is 4.18. The fourth-order valence-electron chi connectivity index (χ4n) is 1.40. The van der Waals surface area contributed by atoms with Crippen molar-refractivity contribution in [3.63, 3.8) is 0 Å². The number of aromatic nitrogens is 4. The van der Waals surface area contributed by atoms with Crippen LogP contribution in [0.4, 0.5) is 0 Å². The SMILES string of the molecule is Cc1cn(O[PH](=O)On2cc(C)c(=O)[nH]c2=O)c(=O)[nH]c1=O. The maximum absolute atomic E-state index is 11.7. The van der Waals surface area contributed by atoms with Gasteiger partial charge >= 0.3 is 19.6 Å². The first-order valence-electron chi connectivity index (χ1n) is 5.83. The second kappa shape index (κ2) is 5.90. The lowest BCUT2D eigenvalue weighted by Gasteiger charge is -2.09. The van der Waals surface area contributed by atoms with Crippen LogP contribution in [0.3, 0.4) is 0 Å². The molecule has 2 N–H and O–H groups in total. The van der Waals surface area contributed by atoms with Crippen molar-refractivity contribution in [2.45, 2.75) is 13.8 Å². The third-order valence-corrected chi connectivity index (χ3v) is 3.22. The van der Waals surface area contributed by atoms with Crippen molar-refractivity contribution in [3.05, 3.63) is 65.2 Å². The molecule has 2 aromatic heterocycles. The lowest BCUT2D eigenvalue weighted by Crippen LogP contribution is -2.35. The third kappa shape index (κ3) is 3.26. The van der Waals surface area contributed by atoms with Crippen molar-refractivity contribution < 1.29 is 13.8 Å². The Morgan fingerprint density at radius 1 is 0.864 bits per heavy atom. The number of nitrogens with one attached hydrogen (secondary N) is 2. The smallest absolute Gasteiger partial charge is 0.320 e. The van der Waals surface area contributed by atoms with Gasteiger partial charge in [-0.3, -0.25) is 19.6 Å². The van der Waals surface area contributed by atoms with E-state index in [9.17, 15) is 23.7 Å². The van der Waals surface area contributed by atoms with Crippen LogP contribution in [0.2, 0.25) is 0 Å². The van der Waals surface area contributed by atoms with E-state index in [1.807, 2.05) is 9.97 Å². The molecule has 0 bridgehead atoms. The molecule has 12 heteroatoms. The van der Waals surface area contributed by atoms with Gasteiger partial charge < -0.3 is 9.25 Å². The maximum Gasteiger partial charge on any atom is 0.456 e. The van der Waals surface area contributed by atoms with Gasteiger partial charge in [-0.05, 0) is 13.8 Å². The van der Waals surface area contributed by atoms with Crippen molar-refractivity contribution in [2.24, 2.45) is 0 Å². The Bertz CT molecular complexity index is 889. The molecule has 2 heterocycles. The van der Waals surface area contributed by atoms with E-state index in [4.69, 9.17) is 9.25 Å². The fourth-order valence-corrected chi connectivity index (χ4v) is 2.03. The molecule has 0 aliphatic carbocycles. The molecule has 11 nitrogen and oxygen atoms in total. The van der Waals surface area contributed by atoms with Crippen LogP contribution in [0.25, 0.3) is 0 Å². The quantitative estimate of drug-likeness (QED) is 0.614. The minimum Gasteiger partial charge on any atom is -0.320 e. The lowest BCUT2D eigenvalue weighted by atomic mass is 10.4. The number of aromatic amines is 2. The first-order valence-corrected chi connectivity index (χ1v) is 7.06. The second-order valence-electron chi connectivity index (χ2n) is 4.23. The highest BCUT2D eigenvalue weighted by molar-refractivity contribution is 7.33. The standard InChI is InChI=1S/C10H11N4O7P/c1-5-3-13(9(17)11-7(5)15)20-22(19)21-14-4-6(2)8(16)12-10(14)18/h3-4,22H,1-2H3,(H,11,15,17)(H,12,16,18). The average Bonchev–Trinajstić information content (AvgIpc) is 2.42. The summed E-state index contributed by atoms with van der Waals surface area (Å²) in [5.41, 5.74) is -2.85. The van der Waals surface area contributed by atoms with Gasteiger partial charge in [-0.2, -0.15) is 0 Å². The van der Waals surface area contributed by atoms with E-state index in [0.717, 1.165) is 12.4 Å². The molecule has 0 unspecified atom stereocenters. The predicted octanol–water partition coefficient (Wildman–Crippen LogP) is -2.05. The molecule has 2 aromatic rings. The molecule has 22 heavy (non-hydrogen) atoms. The van der Waals surface area contributed by atoms with Gasteiger partial charge in [-0.15, -0.1) is 9.46 Å². The zero-order chi connectivity index (χ0) is 16.4. The summed E-state index contributed by atoms with van der Waals surface area (Å²) in [6.07, 6.45) is 2.04. The van der Waals surface area contributed by atoms with E-state index in [0.29, 0.717) is 9.46 Å². The minimum absolute atomic E-state index is 0.145. The van der Waals surface area contributed by atoms with Crippen LogP contribution in [-0.4, -0.2) is 19.4 Å². The molecular formula is C10H11N4O7P. The van der Waals surface area contributed by atoms with E-state index in [1.54, 1.807) is 0 Å². The van der Waals surface area contributed by atoms with Gasteiger partial charge in [0.1, 0.15) is 0 Å². The van der Waals surface area contributed by atoms with Gasteiger partial charge in [-0.25, -0.2) is 14.2 Å². The van der Waals surface area contributed by atoms with Crippen LogP contribution >= 0.6 is 8.25 Å². The van der Waals surface area contributed by atoms with Gasteiger partial charge in [-0.1, -0.05) is 0 Å². The van der Waals surface area contributed by atoms with Gasteiger partial charge in [0.2, 0.25) is 0 Å². The van der Waals surface area contributed by atoms with E-state index in [2.05, 4.69) is 0 Å². The van der Waals surface area contributed by atoms with Crippen LogP contribution in [0.5, 0.6) is 0 Å². The molecule has 0 amide bonds. The first-order chi connectivity index (χ1) is 10.3. The van der Waals surface area contributed by atoms with Gasteiger partial charge in [0.05, 0.1) is 12.4 Å². The summed E-state index contributed by atoms with van der Waals surface area (Å²) < 4.78 is 22.2. The van der Waals surface area contributed by atoms with Gasteiger partial charge in [0, 0.05) is 11.1 Å². The largest absolute Gasteiger partial charge is 0.456 e. The highest BCUT2D eigenvalue weighted by Crippen LogP contribution is 2.12. The molecule has 0 atom stereocenters. The zero-order valence-corrected chi connectivity index (χ0v) is 12.4. The van der Waals surface area contributed by atoms with Crippen molar-refractivity contribution >= 4 is 8.25 Å². The molecule has 0 aliphatic rings. The first kappa shape index (κ1) is 15.6. The van der Waals surface area contributed by atoms with Crippen LogP contribution in [-0.2, 0) is 4.57 Å². The second-order valence-corrected chi connectivity index (χ2v) is 5.09. The highest BCUT2D eigenvalue weighted by atomic mass is 31.1. The summed E-state index contributed by atoms with van der Waals surface area (Å²) in [5.74, 6) is 0. The van der Waals surface area contributed by atoms with Gasteiger partial charge in [0.15, 0.2) is 0 Å². The molecular weight excluding hydrogens is 319 g/mol. The molecule has 118 valence electrons. The number of aryl methyl sites for hydroxylation is 2. The van der Waals surface area contributed by atoms with Crippen molar-refractivity contribution in [2.75, 3.05) is 0 Å². The minimum atomic E-state index is -3.37. The van der Waals surface area contributed by atoms with Crippen LogP contribution in [0.1, 0.15) is 11.1 Å². The number of H-pyrrole nitrogens is 2. The third-order valence-electron chi connectivity index (χ3n) is 2.53. The number of hydrogen-bond donors (Lipinski definition) is 2. The summed E-state index contributed by atoms with van der Waals surface area (Å²) in [6, 6.07) is 0. The monoisotopic (exact) mass is 330 g/mol. The van der Waals surface area contributed by atoms with E-state index >= 15 is 0 Å². The highest BCUT2D eigenvalue weighted by Gasteiger charge is 2.09. The summed E-state index contributed by atoms with van der Waals surface area (Å²) in [5, 5.41) is 0. The van der Waals surface area contributed by atoms with Crippen molar-refractivity contribution in [1.82, 2.24) is 19.4 Å². The van der Waals surface area contributed by atoms with Crippen LogP contribution in [0.15, 0.2) is 31.6 Å². The van der Waals surface area contributed by atoms with E-state index in [1.165, 1.54) is 13.8 Å².